The van der Waals surface area contributed by atoms with Gasteiger partial charge in [-0.2, -0.15) is 0 Å². The van der Waals surface area contributed by atoms with Crippen LogP contribution in [0.2, 0.25) is 0 Å². The summed E-state index contributed by atoms with van der Waals surface area (Å²) in [4.78, 5) is 0. The van der Waals surface area contributed by atoms with Gasteiger partial charge in [-0.3, -0.25) is 0 Å². The lowest BCUT2D eigenvalue weighted by Gasteiger charge is -2.27. The van der Waals surface area contributed by atoms with Crippen molar-refractivity contribution in [1.29, 1.82) is 0 Å². The fourth-order valence-corrected chi connectivity index (χ4v) is 8.09. The molecule has 0 aromatic heterocycles. The Morgan fingerprint density at radius 1 is 0.145 bits per heavy atom. The fourth-order valence-electron chi connectivity index (χ4n) is 8.09. The molecule has 0 radical (unpaired) electrons. The molecule has 0 spiro atoms. The molecule has 0 aliphatic rings. The average molecular weight is 1630 g/mol. The molecule has 22 unspecified atom stereocenters. The number of hydrogen-bond donors (Lipinski definition) is 23. The molecule has 0 saturated carbocycles. The minimum absolute atomic E-state index is 0.0366. The number of hydrogen-bond acceptors (Lipinski definition) is 44. The Morgan fingerprint density at radius 2 is 0.282 bits per heavy atom. The number of rotatable bonds is 85. The quantitative estimate of drug-likeness (QED) is 0.0251. The van der Waals surface area contributed by atoms with Gasteiger partial charge in [0.15, 0.2) is 6.29 Å². The predicted molar refractivity (Wildman–Crippen MR) is 372 cm³/mol. The van der Waals surface area contributed by atoms with Gasteiger partial charge in [0, 0.05) is 0 Å². The molecule has 0 aromatic carbocycles. The van der Waals surface area contributed by atoms with Crippen LogP contribution in [0.3, 0.4) is 0 Å². The standard InChI is InChI=1S/C66H134O44/c1-2-45(74)10-90-17-53(82)21-96-27-59(88)32-107-64(40-102-37-62(106-31-58(87)26-95-15-50(79)7-71)35-99-23-55(84)19-92-12-47(76)4-68)42-108-65(43-110-66(44-100-24-56(85)20-93-13-48(77)5-69)109-33-60(89)28-97-22-54(83)18-91-11-46(75)3-67)41-103-39-63(104-29-52(81)9-73)38-101-36-61(34-98-16-51(80)8-72)105-30-57(86)25-94-14-49(78)6-70/h45-89H,2-44H2,1H3. The zero-order valence-electron chi connectivity index (χ0n) is 63.0. The summed E-state index contributed by atoms with van der Waals surface area (Å²) in [5, 5.41) is 228. The molecule has 22 atom stereocenters. The summed E-state index contributed by atoms with van der Waals surface area (Å²) in [6, 6.07) is 0. The summed E-state index contributed by atoms with van der Waals surface area (Å²) in [5.41, 5.74) is 0. The first-order valence-electron chi connectivity index (χ1n) is 36.4. The molecule has 0 bridgehead atoms. The van der Waals surface area contributed by atoms with Crippen LogP contribution in [0.4, 0.5) is 0 Å². The molecule has 44 nitrogen and oxygen atoms in total. The summed E-state index contributed by atoms with van der Waals surface area (Å²) in [7, 11) is 0. The molecule has 44 heteroatoms. The highest BCUT2D eigenvalue weighted by Gasteiger charge is 2.26. The van der Waals surface area contributed by atoms with Crippen LogP contribution in [-0.2, 0) is 99.5 Å². The van der Waals surface area contributed by atoms with Gasteiger partial charge in [-0.1, -0.05) is 6.92 Å². The molecule has 0 aliphatic heterocycles. The van der Waals surface area contributed by atoms with Crippen molar-refractivity contribution >= 4 is 0 Å². The van der Waals surface area contributed by atoms with E-state index < -0.39 is 247 Å². The van der Waals surface area contributed by atoms with Crippen molar-refractivity contribution in [3.63, 3.8) is 0 Å². The molecular formula is C66H134O44. The van der Waals surface area contributed by atoms with Gasteiger partial charge in [0.25, 0.3) is 0 Å². The monoisotopic (exact) mass is 1630 g/mol. The van der Waals surface area contributed by atoms with Gasteiger partial charge in [-0.25, -0.2) is 0 Å². The Bertz CT molecular complexity index is 1930. The van der Waals surface area contributed by atoms with Gasteiger partial charge >= 0.3 is 0 Å². The third-order valence-corrected chi connectivity index (χ3v) is 14.1. The van der Waals surface area contributed by atoms with Gasteiger partial charge in [0.2, 0.25) is 0 Å². The summed E-state index contributed by atoms with van der Waals surface area (Å²) >= 11 is 0. The summed E-state index contributed by atoms with van der Waals surface area (Å²) in [5.74, 6) is 0. The molecule has 0 fully saturated rings. The predicted octanol–water partition coefficient (Wildman–Crippen LogP) is -13.4. The number of aliphatic hydroxyl groups is 23. The van der Waals surface area contributed by atoms with Gasteiger partial charge in [0.05, 0.1) is 284 Å². The van der Waals surface area contributed by atoms with Gasteiger partial charge < -0.3 is 217 Å². The van der Waals surface area contributed by atoms with E-state index in [-0.39, 0.29) is 165 Å². The van der Waals surface area contributed by atoms with Crippen LogP contribution in [0.1, 0.15) is 13.3 Å². The number of ether oxygens (including phenoxy) is 21. The SMILES string of the molecule is CCC(O)COCC(O)COCC(O)COC(COCC(COCC(O)COCC(O)CO)OCC(O)COCC(O)CO)COC(COCC(COCC(COCC(O)CO)OCC(O)COCC(O)CO)OCC(O)CO)COC(COCC(O)COCC(O)CO)OCC(O)COCC(O)COCC(O)CO. The highest BCUT2D eigenvalue weighted by molar-refractivity contribution is 4.71. The van der Waals surface area contributed by atoms with Crippen molar-refractivity contribution in [3.05, 3.63) is 0 Å². The smallest absolute Gasteiger partial charge is 0.181 e. The molecule has 23 N–H and O–H groups in total. The summed E-state index contributed by atoms with van der Waals surface area (Å²) in [6.45, 7) is -14.5. The van der Waals surface area contributed by atoms with Crippen molar-refractivity contribution < 1.29 is 217 Å². The second kappa shape index (κ2) is 73.6. The zero-order chi connectivity index (χ0) is 82.0. The third kappa shape index (κ3) is 66.3. The van der Waals surface area contributed by atoms with E-state index >= 15 is 0 Å². The van der Waals surface area contributed by atoms with E-state index in [4.69, 9.17) is 115 Å². The van der Waals surface area contributed by atoms with Gasteiger partial charge in [-0.05, 0) is 6.42 Å². The zero-order valence-corrected chi connectivity index (χ0v) is 63.0. The van der Waals surface area contributed by atoms with Crippen molar-refractivity contribution in [2.45, 2.75) is 148 Å². The van der Waals surface area contributed by atoms with Crippen molar-refractivity contribution in [2.24, 2.45) is 0 Å². The van der Waals surface area contributed by atoms with E-state index in [1.54, 1.807) is 6.92 Å². The van der Waals surface area contributed by atoms with E-state index in [9.17, 15) is 102 Å². The first-order chi connectivity index (χ1) is 52.8. The normalized spacial score (nSPS) is 18.4. The first-order valence-corrected chi connectivity index (χ1v) is 36.4. The molecule has 0 amide bonds. The lowest BCUT2D eigenvalue weighted by atomic mass is 10.3. The Labute approximate surface area is 640 Å². The Hall–Kier alpha value is -1.76. The van der Waals surface area contributed by atoms with Crippen LogP contribution in [0.25, 0.3) is 0 Å². The van der Waals surface area contributed by atoms with Crippen molar-refractivity contribution in [2.75, 3.05) is 277 Å². The maximum absolute atomic E-state index is 11.1. The van der Waals surface area contributed by atoms with E-state index in [0.717, 1.165) is 0 Å². The summed E-state index contributed by atoms with van der Waals surface area (Å²) in [6.07, 6.45) is -26.0. The highest BCUT2D eigenvalue weighted by Crippen LogP contribution is 2.12. The maximum atomic E-state index is 11.1. The van der Waals surface area contributed by atoms with Crippen molar-refractivity contribution in [3.8, 4) is 0 Å². The molecule has 0 aromatic rings. The van der Waals surface area contributed by atoms with Crippen LogP contribution >= 0.6 is 0 Å². The highest BCUT2D eigenvalue weighted by atomic mass is 16.7. The summed E-state index contributed by atoms with van der Waals surface area (Å²) < 4.78 is 120. The topological polar surface area (TPSA) is 659 Å². The van der Waals surface area contributed by atoms with Gasteiger partial charge in [-0.15, -0.1) is 0 Å². The van der Waals surface area contributed by atoms with Crippen LogP contribution in [-0.4, -0.2) is 529 Å². The lowest BCUT2D eigenvalue weighted by molar-refractivity contribution is -0.211. The second-order valence-electron chi connectivity index (χ2n) is 25.5. The molecule has 0 heterocycles. The fraction of sp³-hybridized carbons (Fsp3) is 1.00. The van der Waals surface area contributed by atoms with Crippen LogP contribution in [0, 0.1) is 0 Å². The van der Waals surface area contributed by atoms with E-state index in [1.165, 1.54) is 0 Å². The molecule has 0 saturated heterocycles. The first kappa shape index (κ1) is 108. The Kier molecular flexibility index (Phi) is 72.4. The third-order valence-electron chi connectivity index (χ3n) is 14.1. The van der Waals surface area contributed by atoms with Crippen LogP contribution in [0.5, 0.6) is 0 Å². The minimum atomic E-state index is -1.43. The largest absolute Gasteiger partial charge is 0.394 e. The van der Waals surface area contributed by atoms with Crippen molar-refractivity contribution in [1.82, 2.24) is 0 Å². The van der Waals surface area contributed by atoms with Crippen LogP contribution < -0.4 is 0 Å². The van der Waals surface area contributed by atoms with Crippen LogP contribution in [0.15, 0.2) is 0 Å². The molecular weight excluding hydrogens is 1500 g/mol. The average Bonchev–Trinajstić information content (AvgIpc) is 0.925. The van der Waals surface area contributed by atoms with Gasteiger partial charge in [0.1, 0.15) is 122 Å². The lowest BCUT2D eigenvalue weighted by Crippen LogP contribution is -2.39. The minimum Gasteiger partial charge on any atom is -0.394 e. The second-order valence-corrected chi connectivity index (χ2v) is 25.5. The number of aliphatic hydroxyl groups excluding tert-OH is 23. The van der Waals surface area contributed by atoms with E-state index in [0.29, 0.717) is 6.42 Å². The van der Waals surface area contributed by atoms with E-state index in [1.807, 2.05) is 0 Å². The Morgan fingerprint density at radius 3 is 0.518 bits per heavy atom. The maximum Gasteiger partial charge on any atom is 0.181 e. The molecule has 0 rings (SSSR count). The Balaban J connectivity index is 7.39. The molecule has 0 aliphatic carbocycles. The molecule has 110 heavy (non-hydrogen) atoms. The van der Waals surface area contributed by atoms with E-state index in [2.05, 4.69) is 0 Å². The molecule has 662 valence electrons.